The van der Waals surface area contributed by atoms with Crippen molar-refractivity contribution in [3.05, 3.63) is 0 Å². The Balaban J connectivity index is 1.98. The summed E-state index contributed by atoms with van der Waals surface area (Å²) >= 11 is 0. The lowest BCUT2D eigenvalue weighted by Crippen LogP contribution is -2.61. The predicted octanol–water partition coefficient (Wildman–Crippen LogP) is 3.42. The van der Waals surface area contributed by atoms with E-state index in [0.29, 0.717) is 6.04 Å². The first-order valence-electron chi connectivity index (χ1n) is 8.21. The zero-order valence-electron chi connectivity index (χ0n) is 12.6. The lowest BCUT2D eigenvalue weighted by Gasteiger charge is -2.47. The molecule has 0 aromatic carbocycles. The van der Waals surface area contributed by atoms with Crippen LogP contribution in [0.1, 0.15) is 65.7 Å². The molecule has 0 spiro atoms. The first kappa shape index (κ1) is 14.3. The maximum atomic E-state index is 3.78. The third-order valence-corrected chi connectivity index (χ3v) is 4.96. The number of nitrogens with one attached hydrogen (secondary N) is 1. The Morgan fingerprint density at radius 2 is 1.89 bits per heavy atom. The highest BCUT2D eigenvalue weighted by molar-refractivity contribution is 4.91. The van der Waals surface area contributed by atoms with Crippen molar-refractivity contribution in [2.45, 2.75) is 83.8 Å². The van der Waals surface area contributed by atoms with Gasteiger partial charge in [-0.15, -0.1) is 0 Å². The average molecular weight is 252 g/mol. The van der Waals surface area contributed by atoms with Gasteiger partial charge in [0.15, 0.2) is 0 Å². The van der Waals surface area contributed by atoms with Crippen molar-refractivity contribution in [3.8, 4) is 0 Å². The summed E-state index contributed by atoms with van der Waals surface area (Å²) in [4.78, 5) is 2.88. The SMILES string of the molecule is CCCC1CNC(C(C)C)CN1C1CCCCC1. The molecule has 2 atom stereocenters. The molecule has 0 aromatic heterocycles. The Morgan fingerprint density at radius 1 is 1.17 bits per heavy atom. The second-order valence-corrected chi connectivity index (χ2v) is 6.69. The van der Waals surface area contributed by atoms with Crippen molar-refractivity contribution in [2.24, 2.45) is 5.92 Å². The normalized spacial score (nSPS) is 32.0. The average Bonchev–Trinajstić information content (AvgIpc) is 2.40. The molecule has 1 saturated heterocycles. The first-order chi connectivity index (χ1) is 8.72. The third kappa shape index (κ3) is 3.48. The van der Waals surface area contributed by atoms with E-state index in [0.717, 1.165) is 18.0 Å². The summed E-state index contributed by atoms with van der Waals surface area (Å²) in [6.07, 6.45) is 9.97. The van der Waals surface area contributed by atoms with Gasteiger partial charge in [0.05, 0.1) is 0 Å². The monoisotopic (exact) mass is 252 g/mol. The van der Waals surface area contributed by atoms with E-state index >= 15 is 0 Å². The Kier molecular flexibility index (Phi) is 5.50. The number of piperazine rings is 1. The number of hydrogen-bond donors (Lipinski definition) is 1. The van der Waals surface area contributed by atoms with Crippen LogP contribution in [0.15, 0.2) is 0 Å². The van der Waals surface area contributed by atoms with Crippen LogP contribution in [-0.4, -0.2) is 36.1 Å². The van der Waals surface area contributed by atoms with Crippen molar-refractivity contribution in [3.63, 3.8) is 0 Å². The second-order valence-electron chi connectivity index (χ2n) is 6.69. The van der Waals surface area contributed by atoms with Crippen molar-refractivity contribution < 1.29 is 0 Å². The quantitative estimate of drug-likeness (QED) is 0.825. The van der Waals surface area contributed by atoms with E-state index in [4.69, 9.17) is 0 Å². The van der Waals surface area contributed by atoms with E-state index in [9.17, 15) is 0 Å². The lowest BCUT2D eigenvalue weighted by atomic mass is 9.89. The van der Waals surface area contributed by atoms with Crippen LogP contribution in [0.3, 0.4) is 0 Å². The van der Waals surface area contributed by atoms with Crippen LogP contribution >= 0.6 is 0 Å². The van der Waals surface area contributed by atoms with Gasteiger partial charge < -0.3 is 5.32 Å². The fourth-order valence-corrected chi connectivity index (χ4v) is 3.75. The van der Waals surface area contributed by atoms with Gasteiger partial charge in [-0.05, 0) is 25.2 Å². The van der Waals surface area contributed by atoms with Crippen LogP contribution < -0.4 is 5.32 Å². The van der Waals surface area contributed by atoms with Crippen LogP contribution in [-0.2, 0) is 0 Å². The van der Waals surface area contributed by atoms with Gasteiger partial charge in [-0.25, -0.2) is 0 Å². The number of nitrogens with zero attached hydrogens (tertiary/aromatic N) is 1. The molecule has 0 radical (unpaired) electrons. The van der Waals surface area contributed by atoms with E-state index < -0.39 is 0 Å². The lowest BCUT2D eigenvalue weighted by molar-refractivity contribution is 0.0473. The fourth-order valence-electron chi connectivity index (χ4n) is 3.75. The molecule has 2 fully saturated rings. The molecule has 1 N–H and O–H groups in total. The van der Waals surface area contributed by atoms with Gasteiger partial charge in [0.2, 0.25) is 0 Å². The minimum atomic E-state index is 0.708. The van der Waals surface area contributed by atoms with Gasteiger partial charge in [0, 0.05) is 31.2 Å². The van der Waals surface area contributed by atoms with Gasteiger partial charge in [-0.2, -0.15) is 0 Å². The smallest absolute Gasteiger partial charge is 0.0224 e. The Hall–Kier alpha value is -0.0800. The zero-order valence-corrected chi connectivity index (χ0v) is 12.6. The van der Waals surface area contributed by atoms with Crippen LogP contribution in [0.4, 0.5) is 0 Å². The van der Waals surface area contributed by atoms with Crippen LogP contribution in [0, 0.1) is 5.92 Å². The second kappa shape index (κ2) is 6.91. The molecule has 1 aliphatic carbocycles. The molecule has 106 valence electrons. The summed E-state index contributed by atoms with van der Waals surface area (Å²) in [6.45, 7) is 9.54. The van der Waals surface area contributed by atoms with E-state index in [1.165, 1.54) is 58.0 Å². The van der Waals surface area contributed by atoms with E-state index in [-0.39, 0.29) is 0 Å². The molecular formula is C16H32N2. The Morgan fingerprint density at radius 3 is 2.50 bits per heavy atom. The molecular weight excluding hydrogens is 220 g/mol. The molecule has 0 amide bonds. The summed E-state index contributed by atoms with van der Waals surface area (Å²) in [5.74, 6) is 0.763. The van der Waals surface area contributed by atoms with Gasteiger partial charge in [0.1, 0.15) is 0 Å². The zero-order chi connectivity index (χ0) is 13.0. The highest BCUT2D eigenvalue weighted by Crippen LogP contribution is 2.27. The summed E-state index contributed by atoms with van der Waals surface area (Å²) in [5.41, 5.74) is 0. The topological polar surface area (TPSA) is 15.3 Å². The molecule has 2 unspecified atom stereocenters. The maximum absolute atomic E-state index is 3.78. The molecule has 0 bridgehead atoms. The van der Waals surface area contributed by atoms with Gasteiger partial charge in [-0.3, -0.25) is 4.90 Å². The summed E-state index contributed by atoms with van der Waals surface area (Å²) < 4.78 is 0. The number of rotatable bonds is 4. The maximum Gasteiger partial charge on any atom is 0.0224 e. The van der Waals surface area contributed by atoms with Crippen molar-refractivity contribution in [2.75, 3.05) is 13.1 Å². The highest BCUT2D eigenvalue weighted by atomic mass is 15.3. The first-order valence-corrected chi connectivity index (χ1v) is 8.21. The van der Waals surface area contributed by atoms with Crippen LogP contribution in [0.2, 0.25) is 0 Å². The Labute approximate surface area is 114 Å². The van der Waals surface area contributed by atoms with E-state index in [2.05, 4.69) is 31.0 Å². The van der Waals surface area contributed by atoms with E-state index in [1.54, 1.807) is 0 Å². The van der Waals surface area contributed by atoms with Gasteiger partial charge >= 0.3 is 0 Å². The molecule has 2 rings (SSSR count). The summed E-state index contributed by atoms with van der Waals surface area (Å²) in [6, 6.07) is 2.40. The molecule has 1 saturated carbocycles. The Bertz CT molecular complexity index is 228. The minimum absolute atomic E-state index is 0.708. The summed E-state index contributed by atoms with van der Waals surface area (Å²) in [5, 5.41) is 3.78. The van der Waals surface area contributed by atoms with Gasteiger partial charge in [-0.1, -0.05) is 46.5 Å². The highest BCUT2D eigenvalue weighted by Gasteiger charge is 2.33. The van der Waals surface area contributed by atoms with Crippen molar-refractivity contribution in [1.82, 2.24) is 10.2 Å². The van der Waals surface area contributed by atoms with Crippen molar-refractivity contribution >= 4 is 0 Å². The molecule has 0 aromatic rings. The van der Waals surface area contributed by atoms with Gasteiger partial charge in [0.25, 0.3) is 0 Å². The predicted molar refractivity (Wildman–Crippen MR) is 78.9 cm³/mol. The minimum Gasteiger partial charge on any atom is -0.311 e. The third-order valence-electron chi connectivity index (χ3n) is 4.96. The number of hydrogen-bond acceptors (Lipinski definition) is 2. The van der Waals surface area contributed by atoms with E-state index in [1.807, 2.05) is 0 Å². The standard InChI is InChI=1S/C16H32N2/c1-4-8-15-11-17-16(13(2)3)12-18(15)14-9-6-5-7-10-14/h13-17H,4-12H2,1-3H3. The van der Waals surface area contributed by atoms with Crippen LogP contribution in [0.25, 0.3) is 0 Å². The largest absolute Gasteiger partial charge is 0.311 e. The van der Waals surface area contributed by atoms with Crippen LogP contribution in [0.5, 0.6) is 0 Å². The van der Waals surface area contributed by atoms with Crippen molar-refractivity contribution in [1.29, 1.82) is 0 Å². The molecule has 1 aliphatic heterocycles. The summed E-state index contributed by atoms with van der Waals surface area (Å²) in [7, 11) is 0. The molecule has 2 heteroatoms. The molecule has 18 heavy (non-hydrogen) atoms. The molecule has 2 nitrogen and oxygen atoms in total. The fraction of sp³-hybridized carbons (Fsp3) is 1.00. The molecule has 2 aliphatic rings. The molecule has 1 heterocycles.